The van der Waals surface area contributed by atoms with Gasteiger partial charge in [-0.3, -0.25) is 9.59 Å². The molecule has 1 aromatic carbocycles. The Morgan fingerprint density at radius 1 is 1.23 bits per heavy atom. The van der Waals surface area contributed by atoms with Gasteiger partial charge in [0.15, 0.2) is 5.76 Å². The van der Waals surface area contributed by atoms with Crippen LogP contribution in [0.2, 0.25) is 0 Å². The molecule has 6 heteroatoms. The van der Waals surface area contributed by atoms with Crippen molar-refractivity contribution in [1.82, 2.24) is 4.90 Å². The third-order valence-electron chi connectivity index (χ3n) is 4.61. The van der Waals surface area contributed by atoms with E-state index in [0.29, 0.717) is 24.4 Å². The molecule has 3 rings (SSSR count). The number of benzene rings is 1. The molecular formula is C20H24N2O4. The molecule has 1 fully saturated rings. The molecule has 0 unspecified atom stereocenters. The van der Waals surface area contributed by atoms with E-state index in [1.54, 1.807) is 24.3 Å². The molecular weight excluding hydrogens is 332 g/mol. The highest BCUT2D eigenvalue weighted by Crippen LogP contribution is 2.24. The van der Waals surface area contributed by atoms with Crippen LogP contribution in [0.4, 0.5) is 0 Å². The molecule has 2 amide bonds. The van der Waals surface area contributed by atoms with Crippen LogP contribution in [-0.4, -0.2) is 42.5 Å². The summed E-state index contributed by atoms with van der Waals surface area (Å²) in [6.07, 6.45) is 3.34. The summed E-state index contributed by atoms with van der Waals surface area (Å²) in [6.45, 7) is 3.96. The molecule has 0 spiro atoms. The van der Waals surface area contributed by atoms with Gasteiger partial charge in [0.2, 0.25) is 0 Å². The summed E-state index contributed by atoms with van der Waals surface area (Å²) >= 11 is 0. The second kappa shape index (κ2) is 8.19. The number of ether oxygens (including phenoxy) is 1. The van der Waals surface area contributed by atoms with Crippen molar-refractivity contribution in [3.63, 3.8) is 0 Å². The van der Waals surface area contributed by atoms with Crippen LogP contribution in [0.5, 0.6) is 0 Å². The van der Waals surface area contributed by atoms with Crippen molar-refractivity contribution in [3.05, 3.63) is 47.7 Å². The number of primary amides is 1. The minimum Gasteiger partial charge on any atom is -0.451 e. The lowest BCUT2D eigenvalue weighted by molar-refractivity contribution is -0.00311. The summed E-state index contributed by atoms with van der Waals surface area (Å²) in [5.41, 5.74) is 6.54. The van der Waals surface area contributed by atoms with Crippen molar-refractivity contribution >= 4 is 11.8 Å². The molecule has 138 valence electrons. The van der Waals surface area contributed by atoms with Gasteiger partial charge < -0.3 is 19.8 Å². The summed E-state index contributed by atoms with van der Waals surface area (Å²) in [4.78, 5) is 25.9. The van der Waals surface area contributed by atoms with Gasteiger partial charge in [-0.2, -0.15) is 0 Å². The van der Waals surface area contributed by atoms with E-state index in [2.05, 4.69) is 0 Å². The SMILES string of the molecule is CCN(C[C@H]1CCCCO1)C(=O)c1cccc(-c2ccc(C(N)=O)o2)c1. The van der Waals surface area contributed by atoms with Crippen molar-refractivity contribution in [3.8, 4) is 11.3 Å². The number of rotatable bonds is 6. The second-order valence-corrected chi connectivity index (χ2v) is 6.44. The van der Waals surface area contributed by atoms with Crippen molar-refractivity contribution in [2.24, 2.45) is 5.73 Å². The molecule has 2 aromatic rings. The number of carbonyl (C=O) groups is 2. The number of hydrogen-bond acceptors (Lipinski definition) is 4. The van der Waals surface area contributed by atoms with Crippen molar-refractivity contribution < 1.29 is 18.7 Å². The largest absolute Gasteiger partial charge is 0.451 e. The molecule has 1 aliphatic rings. The first-order valence-electron chi connectivity index (χ1n) is 8.99. The van der Waals surface area contributed by atoms with Gasteiger partial charge in [-0.15, -0.1) is 0 Å². The maximum atomic E-state index is 12.9. The Morgan fingerprint density at radius 2 is 2.08 bits per heavy atom. The minimum absolute atomic E-state index is 0.0368. The summed E-state index contributed by atoms with van der Waals surface area (Å²) in [5.74, 6) is -0.0493. The number of hydrogen-bond donors (Lipinski definition) is 1. The Kier molecular flexibility index (Phi) is 5.73. The zero-order valence-electron chi connectivity index (χ0n) is 14.9. The number of carbonyl (C=O) groups excluding carboxylic acids is 2. The number of nitrogens with two attached hydrogens (primary N) is 1. The first-order chi connectivity index (χ1) is 12.6. The normalized spacial score (nSPS) is 17.0. The van der Waals surface area contributed by atoms with E-state index >= 15 is 0 Å². The summed E-state index contributed by atoms with van der Waals surface area (Å²) in [6, 6.07) is 10.4. The predicted molar refractivity (Wildman–Crippen MR) is 97.8 cm³/mol. The monoisotopic (exact) mass is 356 g/mol. The fourth-order valence-electron chi connectivity index (χ4n) is 3.17. The molecule has 1 atom stereocenters. The summed E-state index contributed by atoms with van der Waals surface area (Å²) < 4.78 is 11.2. The highest BCUT2D eigenvalue weighted by atomic mass is 16.5. The van der Waals surface area contributed by atoms with Crippen LogP contribution in [0.15, 0.2) is 40.8 Å². The van der Waals surface area contributed by atoms with Gasteiger partial charge in [-0.1, -0.05) is 12.1 Å². The lowest BCUT2D eigenvalue weighted by atomic mass is 10.1. The van der Waals surface area contributed by atoms with Crippen molar-refractivity contribution in [1.29, 1.82) is 0 Å². The molecule has 6 nitrogen and oxygen atoms in total. The zero-order valence-corrected chi connectivity index (χ0v) is 14.9. The molecule has 0 saturated carbocycles. The van der Waals surface area contributed by atoms with Crippen LogP contribution in [0.25, 0.3) is 11.3 Å². The van der Waals surface area contributed by atoms with Crippen LogP contribution >= 0.6 is 0 Å². The van der Waals surface area contributed by atoms with Gasteiger partial charge in [0.1, 0.15) is 5.76 Å². The first kappa shape index (κ1) is 18.2. The number of likely N-dealkylation sites (N-methyl/N-ethyl adjacent to an activating group) is 1. The predicted octanol–water partition coefficient (Wildman–Crippen LogP) is 3.08. The van der Waals surface area contributed by atoms with E-state index in [-0.39, 0.29) is 17.8 Å². The maximum absolute atomic E-state index is 12.9. The quantitative estimate of drug-likeness (QED) is 0.862. The van der Waals surface area contributed by atoms with E-state index in [1.165, 1.54) is 6.07 Å². The fourth-order valence-corrected chi connectivity index (χ4v) is 3.17. The zero-order chi connectivity index (χ0) is 18.5. The second-order valence-electron chi connectivity index (χ2n) is 6.44. The Hall–Kier alpha value is -2.60. The van der Waals surface area contributed by atoms with Gasteiger partial charge in [-0.25, -0.2) is 0 Å². The maximum Gasteiger partial charge on any atom is 0.284 e. The van der Waals surface area contributed by atoms with Gasteiger partial charge in [0.25, 0.3) is 11.8 Å². The number of amides is 2. The minimum atomic E-state index is -0.617. The van der Waals surface area contributed by atoms with E-state index in [9.17, 15) is 9.59 Å². The summed E-state index contributed by atoms with van der Waals surface area (Å²) in [5, 5.41) is 0. The van der Waals surface area contributed by atoms with Crippen molar-refractivity contribution in [2.75, 3.05) is 19.7 Å². The molecule has 1 aliphatic heterocycles. The van der Waals surface area contributed by atoms with Crippen LogP contribution in [0.3, 0.4) is 0 Å². The topological polar surface area (TPSA) is 85.8 Å². The average molecular weight is 356 g/mol. The smallest absolute Gasteiger partial charge is 0.284 e. The molecule has 2 N–H and O–H groups in total. The first-order valence-corrected chi connectivity index (χ1v) is 8.99. The molecule has 0 bridgehead atoms. The van der Waals surface area contributed by atoms with Gasteiger partial charge >= 0.3 is 0 Å². The Labute approximate surface area is 152 Å². The van der Waals surface area contributed by atoms with E-state index < -0.39 is 5.91 Å². The van der Waals surface area contributed by atoms with Gasteiger partial charge in [-0.05, 0) is 50.5 Å². The standard InChI is InChI=1S/C20H24N2O4/c1-2-22(13-16-8-3-4-11-25-16)20(24)15-7-5-6-14(12-15)17-9-10-18(26-17)19(21)23/h5-7,9-10,12,16H,2-4,8,11,13H2,1H3,(H2,21,23)/t16-/m1/s1. The van der Waals surface area contributed by atoms with Crippen LogP contribution in [0.1, 0.15) is 47.1 Å². The average Bonchev–Trinajstić information content (AvgIpc) is 3.17. The molecule has 1 aromatic heterocycles. The Bertz CT molecular complexity index is 778. The number of nitrogens with zero attached hydrogens (tertiary/aromatic N) is 1. The highest BCUT2D eigenvalue weighted by molar-refractivity contribution is 5.95. The lowest BCUT2D eigenvalue weighted by Crippen LogP contribution is -2.39. The highest BCUT2D eigenvalue weighted by Gasteiger charge is 2.22. The van der Waals surface area contributed by atoms with E-state index in [0.717, 1.165) is 31.4 Å². The van der Waals surface area contributed by atoms with E-state index in [4.69, 9.17) is 14.9 Å². The summed E-state index contributed by atoms with van der Waals surface area (Å²) in [7, 11) is 0. The number of furan rings is 1. The third-order valence-corrected chi connectivity index (χ3v) is 4.61. The molecule has 1 saturated heterocycles. The lowest BCUT2D eigenvalue weighted by Gasteiger charge is -2.29. The van der Waals surface area contributed by atoms with Crippen LogP contribution < -0.4 is 5.73 Å². The molecule has 0 aliphatic carbocycles. The van der Waals surface area contributed by atoms with Gasteiger partial charge in [0, 0.05) is 30.8 Å². The van der Waals surface area contributed by atoms with Crippen LogP contribution in [-0.2, 0) is 4.74 Å². The fraction of sp³-hybridized carbons (Fsp3) is 0.400. The molecule has 26 heavy (non-hydrogen) atoms. The van der Waals surface area contributed by atoms with Gasteiger partial charge in [0.05, 0.1) is 6.10 Å². The van der Waals surface area contributed by atoms with E-state index in [1.807, 2.05) is 17.9 Å². The molecule has 2 heterocycles. The van der Waals surface area contributed by atoms with Crippen LogP contribution in [0, 0.1) is 0 Å². The Morgan fingerprint density at radius 3 is 2.73 bits per heavy atom. The molecule has 0 radical (unpaired) electrons. The van der Waals surface area contributed by atoms with Crippen molar-refractivity contribution in [2.45, 2.75) is 32.3 Å². The Balaban J connectivity index is 1.76. The third kappa shape index (κ3) is 4.14.